The highest BCUT2D eigenvalue weighted by Gasteiger charge is 2.20. The smallest absolute Gasteiger partial charge is 0.251 e. The van der Waals surface area contributed by atoms with E-state index in [-0.39, 0.29) is 12.5 Å². The number of carbonyl (C=O) groups is 1. The number of rotatable bonds is 2. The van der Waals surface area contributed by atoms with E-state index in [0.29, 0.717) is 17.5 Å². The first kappa shape index (κ1) is 14.6. The Hall–Kier alpha value is -1.79. The first-order valence-electron chi connectivity index (χ1n) is 7.19. The van der Waals surface area contributed by atoms with Crippen molar-refractivity contribution in [3.05, 3.63) is 35.4 Å². The van der Waals surface area contributed by atoms with Gasteiger partial charge in [0, 0.05) is 17.2 Å². The molecular formula is C17H21NO2. The lowest BCUT2D eigenvalue weighted by molar-refractivity contribution is 0.0921. The molecule has 1 fully saturated rings. The molecule has 2 atom stereocenters. The molecule has 0 radical (unpaired) electrons. The van der Waals surface area contributed by atoms with Crippen molar-refractivity contribution >= 4 is 5.91 Å². The van der Waals surface area contributed by atoms with E-state index in [0.717, 1.165) is 18.4 Å². The summed E-state index contributed by atoms with van der Waals surface area (Å²) in [5.41, 5.74) is 1.47. The fourth-order valence-corrected chi connectivity index (χ4v) is 2.68. The largest absolute Gasteiger partial charge is 0.384 e. The first-order valence-corrected chi connectivity index (χ1v) is 7.19. The Bertz CT molecular complexity index is 510. The lowest BCUT2D eigenvalue weighted by atomic mass is 9.87. The van der Waals surface area contributed by atoms with Crippen LogP contribution in [-0.4, -0.2) is 23.7 Å². The molecule has 1 aliphatic carbocycles. The van der Waals surface area contributed by atoms with E-state index in [4.69, 9.17) is 5.11 Å². The van der Waals surface area contributed by atoms with Crippen molar-refractivity contribution < 1.29 is 9.90 Å². The van der Waals surface area contributed by atoms with E-state index in [1.165, 1.54) is 12.8 Å². The Kier molecular flexibility index (Phi) is 5.20. The molecule has 1 aromatic rings. The third-order valence-corrected chi connectivity index (χ3v) is 3.73. The van der Waals surface area contributed by atoms with E-state index in [2.05, 4.69) is 24.1 Å². The zero-order valence-corrected chi connectivity index (χ0v) is 11.9. The number of hydrogen-bond acceptors (Lipinski definition) is 2. The van der Waals surface area contributed by atoms with E-state index in [1.54, 1.807) is 24.3 Å². The molecule has 20 heavy (non-hydrogen) atoms. The zero-order chi connectivity index (χ0) is 14.4. The van der Waals surface area contributed by atoms with Crippen LogP contribution in [0, 0.1) is 17.8 Å². The monoisotopic (exact) mass is 271 g/mol. The van der Waals surface area contributed by atoms with Gasteiger partial charge in [0.25, 0.3) is 5.91 Å². The highest BCUT2D eigenvalue weighted by Crippen LogP contribution is 2.23. The van der Waals surface area contributed by atoms with Gasteiger partial charge in [-0.2, -0.15) is 0 Å². The van der Waals surface area contributed by atoms with Crippen LogP contribution in [-0.2, 0) is 0 Å². The van der Waals surface area contributed by atoms with Gasteiger partial charge < -0.3 is 10.4 Å². The minimum Gasteiger partial charge on any atom is -0.384 e. The van der Waals surface area contributed by atoms with Crippen LogP contribution in [0.5, 0.6) is 0 Å². The molecule has 0 heterocycles. The summed E-state index contributed by atoms with van der Waals surface area (Å²) in [5.74, 6) is 6.10. The van der Waals surface area contributed by atoms with Gasteiger partial charge in [-0.25, -0.2) is 0 Å². The number of carbonyl (C=O) groups excluding carboxylic acids is 1. The van der Waals surface area contributed by atoms with Gasteiger partial charge in [-0.3, -0.25) is 4.79 Å². The predicted octanol–water partition coefficient (Wildman–Crippen LogP) is 2.34. The summed E-state index contributed by atoms with van der Waals surface area (Å²) in [6.07, 6.45) is 4.62. The molecule has 0 saturated heterocycles. The fourth-order valence-electron chi connectivity index (χ4n) is 2.68. The summed E-state index contributed by atoms with van der Waals surface area (Å²) >= 11 is 0. The standard InChI is InChI=1S/C17H21NO2/c1-13-4-2-6-16(12-13)18-17(20)15-9-7-14(8-10-15)5-3-11-19/h7-10,13,16,19H,2,4,6,11-12H2,1H3,(H,18,20). The van der Waals surface area contributed by atoms with E-state index in [9.17, 15) is 4.79 Å². The molecule has 1 saturated carbocycles. The summed E-state index contributed by atoms with van der Waals surface area (Å²) in [7, 11) is 0. The highest BCUT2D eigenvalue weighted by atomic mass is 16.2. The molecule has 0 bridgehead atoms. The van der Waals surface area contributed by atoms with Crippen molar-refractivity contribution in [3.8, 4) is 11.8 Å². The van der Waals surface area contributed by atoms with Crippen LogP contribution in [0.25, 0.3) is 0 Å². The van der Waals surface area contributed by atoms with Crippen LogP contribution in [0.2, 0.25) is 0 Å². The number of benzene rings is 1. The van der Waals surface area contributed by atoms with Gasteiger partial charge in [-0.05, 0) is 43.0 Å². The molecule has 0 aromatic heterocycles. The maximum atomic E-state index is 12.2. The normalized spacial score (nSPS) is 21.7. The van der Waals surface area contributed by atoms with Crippen molar-refractivity contribution in [2.45, 2.75) is 38.6 Å². The molecule has 3 heteroatoms. The minimum absolute atomic E-state index is 0.00855. The second-order valence-electron chi connectivity index (χ2n) is 5.48. The quantitative estimate of drug-likeness (QED) is 0.811. The third-order valence-electron chi connectivity index (χ3n) is 3.73. The van der Waals surface area contributed by atoms with E-state index < -0.39 is 0 Å². The summed E-state index contributed by atoms with van der Waals surface area (Å²) < 4.78 is 0. The second kappa shape index (κ2) is 7.12. The Morgan fingerprint density at radius 1 is 1.35 bits per heavy atom. The van der Waals surface area contributed by atoms with Crippen LogP contribution in [0.1, 0.15) is 48.5 Å². The van der Waals surface area contributed by atoms with Gasteiger partial charge in [0.05, 0.1) is 0 Å². The molecule has 0 aliphatic heterocycles. The van der Waals surface area contributed by atoms with Gasteiger partial charge in [0.1, 0.15) is 6.61 Å². The molecule has 2 unspecified atom stereocenters. The van der Waals surface area contributed by atoms with Crippen molar-refractivity contribution in [2.75, 3.05) is 6.61 Å². The number of hydrogen-bond donors (Lipinski definition) is 2. The Balaban J connectivity index is 1.95. The average Bonchev–Trinajstić information content (AvgIpc) is 2.45. The van der Waals surface area contributed by atoms with Gasteiger partial charge in [-0.1, -0.05) is 31.6 Å². The molecule has 0 spiro atoms. The van der Waals surface area contributed by atoms with Crippen LogP contribution in [0.3, 0.4) is 0 Å². The zero-order valence-electron chi connectivity index (χ0n) is 11.9. The Morgan fingerprint density at radius 3 is 2.75 bits per heavy atom. The number of aliphatic hydroxyl groups is 1. The lowest BCUT2D eigenvalue weighted by Gasteiger charge is -2.27. The molecule has 2 rings (SSSR count). The molecule has 3 nitrogen and oxygen atoms in total. The van der Waals surface area contributed by atoms with Crippen LogP contribution in [0.4, 0.5) is 0 Å². The molecule has 1 amide bonds. The van der Waals surface area contributed by atoms with Crippen LogP contribution >= 0.6 is 0 Å². The van der Waals surface area contributed by atoms with Gasteiger partial charge in [0.15, 0.2) is 0 Å². The predicted molar refractivity (Wildman–Crippen MR) is 79.3 cm³/mol. The number of amides is 1. The molecule has 106 valence electrons. The average molecular weight is 271 g/mol. The van der Waals surface area contributed by atoms with Crippen molar-refractivity contribution in [1.29, 1.82) is 0 Å². The third kappa shape index (κ3) is 4.11. The van der Waals surface area contributed by atoms with Gasteiger partial charge >= 0.3 is 0 Å². The Morgan fingerprint density at radius 2 is 2.10 bits per heavy atom. The van der Waals surface area contributed by atoms with E-state index in [1.807, 2.05) is 0 Å². The van der Waals surface area contributed by atoms with Crippen molar-refractivity contribution in [1.82, 2.24) is 5.32 Å². The maximum absolute atomic E-state index is 12.2. The van der Waals surface area contributed by atoms with Crippen molar-refractivity contribution in [3.63, 3.8) is 0 Å². The number of aliphatic hydroxyl groups excluding tert-OH is 1. The maximum Gasteiger partial charge on any atom is 0.251 e. The molecule has 2 N–H and O–H groups in total. The SMILES string of the molecule is CC1CCCC(NC(=O)c2ccc(C#CCO)cc2)C1. The number of nitrogens with one attached hydrogen (secondary N) is 1. The summed E-state index contributed by atoms with van der Waals surface area (Å²) in [5, 5.41) is 11.7. The summed E-state index contributed by atoms with van der Waals surface area (Å²) in [6.45, 7) is 2.09. The van der Waals surface area contributed by atoms with Crippen LogP contribution in [0.15, 0.2) is 24.3 Å². The molecule has 1 aromatic carbocycles. The second-order valence-corrected chi connectivity index (χ2v) is 5.48. The molecule has 1 aliphatic rings. The summed E-state index contributed by atoms with van der Waals surface area (Å²) in [4.78, 5) is 12.2. The van der Waals surface area contributed by atoms with Crippen LogP contribution < -0.4 is 5.32 Å². The molecular weight excluding hydrogens is 250 g/mol. The topological polar surface area (TPSA) is 49.3 Å². The van der Waals surface area contributed by atoms with Crippen molar-refractivity contribution in [2.24, 2.45) is 5.92 Å². The Labute approximate surface area is 120 Å². The van der Waals surface area contributed by atoms with Gasteiger partial charge in [-0.15, -0.1) is 0 Å². The lowest BCUT2D eigenvalue weighted by Crippen LogP contribution is -2.37. The highest BCUT2D eigenvalue weighted by molar-refractivity contribution is 5.94. The first-order chi connectivity index (χ1) is 9.69. The van der Waals surface area contributed by atoms with E-state index >= 15 is 0 Å². The fraction of sp³-hybridized carbons (Fsp3) is 0.471. The van der Waals surface area contributed by atoms with Gasteiger partial charge in [0.2, 0.25) is 0 Å². The summed E-state index contributed by atoms with van der Waals surface area (Å²) in [6, 6.07) is 7.48. The minimum atomic E-state index is -0.151.